The second kappa shape index (κ2) is 4.08. The topological polar surface area (TPSA) is 34.1 Å². The summed E-state index contributed by atoms with van der Waals surface area (Å²) in [5.74, 6) is 2.68. The Hall–Kier alpha value is -1.27. The Balaban J connectivity index is 3.27. The Morgan fingerprint density at radius 3 is 2.07 bits per heavy atom. The van der Waals surface area contributed by atoms with Crippen molar-refractivity contribution in [3.05, 3.63) is 34.4 Å². The molecular formula is C12H14O2S. The predicted molar refractivity (Wildman–Crippen MR) is 62.4 cm³/mol. The highest BCUT2D eigenvalue weighted by Gasteiger charge is 2.00. The van der Waals surface area contributed by atoms with Gasteiger partial charge in [0.15, 0.2) is 0 Å². The van der Waals surface area contributed by atoms with Gasteiger partial charge in [0.2, 0.25) is 9.84 Å². The highest BCUT2D eigenvalue weighted by molar-refractivity contribution is 7.95. The number of hydrogen-bond acceptors (Lipinski definition) is 2. The molecule has 1 aromatic rings. The minimum Gasteiger partial charge on any atom is -0.216 e. The van der Waals surface area contributed by atoms with E-state index >= 15 is 0 Å². The van der Waals surface area contributed by atoms with Crippen LogP contribution in [0.4, 0.5) is 0 Å². The van der Waals surface area contributed by atoms with Crippen LogP contribution in [0, 0.1) is 31.9 Å². The summed E-state index contributed by atoms with van der Waals surface area (Å²) in [5.41, 5.74) is 4.11. The average molecular weight is 222 g/mol. The zero-order valence-electron chi connectivity index (χ0n) is 9.38. The van der Waals surface area contributed by atoms with Crippen molar-refractivity contribution in [1.29, 1.82) is 0 Å². The first kappa shape index (κ1) is 11.8. The molecule has 0 heterocycles. The number of hydrogen-bond donors (Lipinski definition) is 0. The van der Waals surface area contributed by atoms with E-state index in [4.69, 9.17) is 0 Å². The van der Waals surface area contributed by atoms with E-state index < -0.39 is 9.84 Å². The molecule has 0 atom stereocenters. The van der Waals surface area contributed by atoms with Gasteiger partial charge >= 0.3 is 0 Å². The summed E-state index contributed by atoms with van der Waals surface area (Å²) >= 11 is 0. The van der Waals surface area contributed by atoms with Crippen molar-refractivity contribution in [2.45, 2.75) is 20.8 Å². The van der Waals surface area contributed by atoms with Crippen molar-refractivity contribution < 1.29 is 8.42 Å². The molecule has 3 heteroatoms. The Labute approximate surface area is 91.2 Å². The summed E-state index contributed by atoms with van der Waals surface area (Å²) in [7, 11) is -3.22. The first-order chi connectivity index (χ1) is 6.79. The molecule has 15 heavy (non-hydrogen) atoms. The lowest BCUT2D eigenvalue weighted by Gasteiger charge is -2.03. The van der Waals surface area contributed by atoms with Gasteiger partial charge in [-0.2, -0.15) is 0 Å². The van der Waals surface area contributed by atoms with E-state index in [-0.39, 0.29) is 0 Å². The molecule has 0 fully saturated rings. The van der Waals surface area contributed by atoms with Gasteiger partial charge in [-0.05, 0) is 49.4 Å². The monoisotopic (exact) mass is 222 g/mol. The van der Waals surface area contributed by atoms with Gasteiger partial charge in [0.05, 0.1) is 6.26 Å². The average Bonchev–Trinajstić information content (AvgIpc) is 2.07. The zero-order valence-corrected chi connectivity index (χ0v) is 10.2. The lowest BCUT2D eigenvalue weighted by Crippen LogP contribution is -1.92. The molecule has 0 aliphatic carbocycles. The number of sulfone groups is 1. The molecule has 0 saturated carbocycles. The molecule has 0 N–H and O–H groups in total. The molecule has 0 unspecified atom stereocenters. The van der Waals surface area contributed by atoms with Crippen LogP contribution in [-0.2, 0) is 9.84 Å². The number of aryl methyl sites for hydroxylation is 3. The number of benzene rings is 1. The summed E-state index contributed by atoms with van der Waals surface area (Å²) in [4.78, 5) is 0. The normalized spacial score (nSPS) is 10.7. The Morgan fingerprint density at radius 2 is 1.53 bits per heavy atom. The van der Waals surface area contributed by atoms with E-state index in [1.807, 2.05) is 32.9 Å². The van der Waals surface area contributed by atoms with Crippen LogP contribution in [0.25, 0.3) is 0 Å². The predicted octanol–water partition coefficient (Wildman–Crippen LogP) is 1.97. The third-order valence-corrected chi connectivity index (χ3v) is 2.68. The van der Waals surface area contributed by atoms with Gasteiger partial charge in [0.25, 0.3) is 0 Å². The fourth-order valence-electron chi connectivity index (χ4n) is 1.24. The van der Waals surface area contributed by atoms with Crippen LogP contribution in [0.5, 0.6) is 0 Å². The minimum atomic E-state index is -3.22. The Morgan fingerprint density at radius 1 is 1.00 bits per heavy atom. The quantitative estimate of drug-likeness (QED) is 0.629. The van der Waals surface area contributed by atoms with Crippen molar-refractivity contribution >= 4 is 9.84 Å². The maximum Gasteiger partial charge on any atom is 0.214 e. The lowest BCUT2D eigenvalue weighted by atomic mass is 10.0. The summed E-state index contributed by atoms with van der Waals surface area (Å²) in [6, 6.07) is 3.93. The first-order valence-corrected chi connectivity index (χ1v) is 6.49. The fraction of sp³-hybridized carbons (Fsp3) is 0.333. The molecule has 0 aliphatic rings. The van der Waals surface area contributed by atoms with Gasteiger partial charge < -0.3 is 0 Å². The summed E-state index contributed by atoms with van der Waals surface area (Å²) < 4.78 is 21.8. The van der Waals surface area contributed by atoms with E-state index in [0.717, 1.165) is 22.9 Å². The highest BCUT2D eigenvalue weighted by Crippen LogP contribution is 2.14. The highest BCUT2D eigenvalue weighted by atomic mass is 32.2. The van der Waals surface area contributed by atoms with Crippen LogP contribution in [-0.4, -0.2) is 14.7 Å². The molecule has 0 saturated heterocycles. The van der Waals surface area contributed by atoms with Crippen LogP contribution in [0.2, 0.25) is 0 Å². The second-order valence-electron chi connectivity index (χ2n) is 3.75. The molecule has 0 radical (unpaired) electrons. The van der Waals surface area contributed by atoms with E-state index in [0.29, 0.717) is 0 Å². The van der Waals surface area contributed by atoms with Crippen LogP contribution in [0.15, 0.2) is 12.1 Å². The molecule has 1 aromatic carbocycles. The molecule has 1 rings (SSSR count). The summed E-state index contributed by atoms with van der Waals surface area (Å²) in [6.45, 7) is 5.94. The first-order valence-electron chi connectivity index (χ1n) is 4.60. The van der Waals surface area contributed by atoms with Crippen molar-refractivity contribution in [3.8, 4) is 11.2 Å². The second-order valence-corrected chi connectivity index (χ2v) is 5.50. The molecular weight excluding hydrogens is 208 g/mol. The van der Waals surface area contributed by atoms with Gasteiger partial charge in [-0.25, -0.2) is 8.42 Å². The standard InChI is InChI=1S/C12H14O2S/c1-9-7-11(3)12(8-10(9)2)5-6-15(4,13)14/h7-8H,1-4H3. The third-order valence-electron chi connectivity index (χ3n) is 2.21. The Bertz CT molecular complexity index is 543. The number of rotatable bonds is 0. The molecule has 0 aromatic heterocycles. The van der Waals surface area contributed by atoms with E-state index in [1.54, 1.807) is 0 Å². The van der Waals surface area contributed by atoms with Crippen molar-refractivity contribution in [2.24, 2.45) is 0 Å². The van der Waals surface area contributed by atoms with Gasteiger partial charge in [-0.15, -0.1) is 0 Å². The molecule has 2 nitrogen and oxygen atoms in total. The molecule has 0 amide bonds. The van der Waals surface area contributed by atoms with E-state index in [1.165, 1.54) is 5.56 Å². The maximum absolute atomic E-state index is 10.9. The van der Waals surface area contributed by atoms with E-state index in [9.17, 15) is 8.42 Å². The SMILES string of the molecule is Cc1cc(C)c(C#CS(C)(=O)=O)cc1C. The largest absolute Gasteiger partial charge is 0.216 e. The van der Waals surface area contributed by atoms with Crippen molar-refractivity contribution in [2.75, 3.05) is 6.26 Å². The molecule has 0 bridgehead atoms. The summed E-state index contributed by atoms with van der Waals surface area (Å²) in [5, 5.41) is 2.25. The Kier molecular flexibility index (Phi) is 3.21. The van der Waals surface area contributed by atoms with Crippen LogP contribution < -0.4 is 0 Å². The van der Waals surface area contributed by atoms with Gasteiger partial charge in [-0.1, -0.05) is 6.07 Å². The van der Waals surface area contributed by atoms with Crippen molar-refractivity contribution in [1.82, 2.24) is 0 Å². The molecule has 0 spiro atoms. The third kappa shape index (κ3) is 3.41. The van der Waals surface area contributed by atoms with Gasteiger partial charge in [-0.3, -0.25) is 0 Å². The van der Waals surface area contributed by atoms with E-state index in [2.05, 4.69) is 11.2 Å². The van der Waals surface area contributed by atoms with Crippen LogP contribution in [0.3, 0.4) is 0 Å². The molecule has 0 aliphatic heterocycles. The summed E-state index contributed by atoms with van der Waals surface area (Å²) in [6.07, 6.45) is 1.11. The minimum absolute atomic E-state index is 0.781. The lowest BCUT2D eigenvalue weighted by molar-refractivity contribution is 0.611. The van der Waals surface area contributed by atoms with Gasteiger partial charge in [0.1, 0.15) is 0 Å². The fourth-order valence-corrected chi connectivity index (χ4v) is 1.54. The molecule has 80 valence electrons. The van der Waals surface area contributed by atoms with Gasteiger partial charge in [0, 0.05) is 10.8 Å². The van der Waals surface area contributed by atoms with Crippen LogP contribution in [0.1, 0.15) is 22.3 Å². The smallest absolute Gasteiger partial charge is 0.214 e. The zero-order chi connectivity index (χ0) is 11.6. The maximum atomic E-state index is 10.9. The van der Waals surface area contributed by atoms with Crippen molar-refractivity contribution in [3.63, 3.8) is 0 Å². The van der Waals surface area contributed by atoms with Crippen LogP contribution >= 0.6 is 0 Å².